The summed E-state index contributed by atoms with van der Waals surface area (Å²) in [5.41, 5.74) is 0.764. The van der Waals surface area contributed by atoms with E-state index in [1.54, 1.807) is 18.0 Å². The molecule has 136 valence electrons. The second kappa shape index (κ2) is 8.75. The first-order valence-electron chi connectivity index (χ1n) is 8.94. The lowest BCUT2D eigenvalue weighted by atomic mass is 10.0. The Bertz CT molecular complexity index is 696. The Labute approximate surface area is 147 Å². The van der Waals surface area contributed by atoms with Crippen LogP contribution in [0.5, 0.6) is 0 Å². The Morgan fingerprint density at radius 3 is 2.96 bits per heavy atom. The fourth-order valence-corrected chi connectivity index (χ4v) is 3.32. The summed E-state index contributed by atoms with van der Waals surface area (Å²) in [5, 5.41) is 11.5. The molecule has 0 atom stereocenters. The Hall–Kier alpha value is -2.22. The fraction of sp³-hybridized carbons (Fsp3) is 0.647. The summed E-state index contributed by atoms with van der Waals surface area (Å²) in [6.45, 7) is 2.42. The third-order valence-corrected chi connectivity index (χ3v) is 4.63. The van der Waals surface area contributed by atoms with E-state index in [9.17, 15) is 4.79 Å². The van der Waals surface area contributed by atoms with Crippen molar-refractivity contribution in [2.24, 2.45) is 5.92 Å². The number of anilines is 1. The molecule has 2 heterocycles. The van der Waals surface area contributed by atoms with E-state index in [-0.39, 0.29) is 5.91 Å². The third-order valence-electron chi connectivity index (χ3n) is 4.63. The topological polar surface area (TPSA) is 94.0 Å². The van der Waals surface area contributed by atoms with Gasteiger partial charge in [-0.2, -0.15) is 5.10 Å². The second-order valence-corrected chi connectivity index (χ2v) is 6.45. The van der Waals surface area contributed by atoms with Crippen LogP contribution in [0, 0.1) is 5.92 Å². The SMILES string of the molecule is COCCNc1ncnc2c1cnn2CCNC(=O)CC1CCCC1. The van der Waals surface area contributed by atoms with Gasteiger partial charge in [-0.1, -0.05) is 12.8 Å². The summed E-state index contributed by atoms with van der Waals surface area (Å²) < 4.78 is 6.84. The first kappa shape index (κ1) is 17.6. The van der Waals surface area contributed by atoms with E-state index in [1.165, 1.54) is 32.0 Å². The number of rotatable bonds is 9. The number of hydrogen-bond donors (Lipinski definition) is 2. The smallest absolute Gasteiger partial charge is 0.220 e. The molecule has 0 bridgehead atoms. The molecule has 1 aliphatic carbocycles. The molecule has 1 fully saturated rings. The maximum absolute atomic E-state index is 12.0. The van der Waals surface area contributed by atoms with Gasteiger partial charge in [0.25, 0.3) is 0 Å². The number of amides is 1. The predicted molar refractivity (Wildman–Crippen MR) is 95.3 cm³/mol. The van der Waals surface area contributed by atoms with Gasteiger partial charge < -0.3 is 15.4 Å². The highest BCUT2D eigenvalue weighted by Crippen LogP contribution is 2.27. The first-order valence-corrected chi connectivity index (χ1v) is 8.94. The van der Waals surface area contributed by atoms with Crippen LogP contribution in [-0.4, -0.2) is 52.5 Å². The van der Waals surface area contributed by atoms with Crippen LogP contribution in [0.1, 0.15) is 32.1 Å². The molecule has 0 spiro atoms. The van der Waals surface area contributed by atoms with Gasteiger partial charge in [0.2, 0.25) is 5.91 Å². The molecule has 8 heteroatoms. The van der Waals surface area contributed by atoms with Gasteiger partial charge in [0, 0.05) is 26.6 Å². The van der Waals surface area contributed by atoms with Crippen LogP contribution < -0.4 is 10.6 Å². The van der Waals surface area contributed by atoms with Crippen molar-refractivity contribution in [3.63, 3.8) is 0 Å². The first-order chi connectivity index (χ1) is 12.3. The van der Waals surface area contributed by atoms with Crippen LogP contribution in [0.4, 0.5) is 5.82 Å². The van der Waals surface area contributed by atoms with Crippen molar-refractivity contribution in [2.45, 2.75) is 38.6 Å². The summed E-state index contributed by atoms with van der Waals surface area (Å²) in [6.07, 6.45) is 8.82. The fourth-order valence-electron chi connectivity index (χ4n) is 3.32. The monoisotopic (exact) mass is 346 g/mol. The number of nitrogens with one attached hydrogen (secondary N) is 2. The van der Waals surface area contributed by atoms with E-state index in [4.69, 9.17) is 4.74 Å². The van der Waals surface area contributed by atoms with Gasteiger partial charge in [-0.15, -0.1) is 0 Å². The lowest BCUT2D eigenvalue weighted by Crippen LogP contribution is -2.28. The van der Waals surface area contributed by atoms with Crippen molar-refractivity contribution in [3.05, 3.63) is 12.5 Å². The van der Waals surface area contributed by atoms with Crippen LogP contribution >= 0.6 is 0 Å². The van der Waals surface area contributed by atoms with E-state index >= 15 is 0 Å². The lowest BCUT2D eigenvalue weighted by Gasteiger charge is -2.10. The van der Waals surface area contributed by atoms with Crippen LogP contribution in [0.25, 0.3) is 11.0 Å². The number of carbonyl (C=O) groups excluding carboxylic acids is 1. The van der Waals surface area contributed by atoms with Crippen molar-refractivity contribution < 1.29 is 9.53 Å². The van der Waals surface area contributed by atoms with Crippen LogP contribution in [0.3, 0.4) is 0 Å². The van der Waals surface area contributed by atoms with Crippen LogP contribution in [0.15, 0.2) is 12.5 Å². The summed E-state index contributed by atoms with van der Waals surface area (Å²) >= 11 is 0. The molecule has 0 aromatic carbocycles. The molecule has 2 aromatic heterocycles. The highest BCUT2D eigenvalue weighted by atomic mass is 16.5. The molecule has 1 saturated carbocycles. The van der Waals surface area contributed by atoms with Gasteiger partial charge >= 0.3 is 0 Å². The minimum absolute atomic E-state index is 0.139. The van der Waals surface area contributed by atoms with Gasteiger partial charge in [-0.3, -0.25) is 4.79 Å². The molecular weight excluding hydrogens is 320 g/mol. The van der Waals surface area contributed by atoms with Gasteiger partial charge in [-0.05, 0) is 18.8 Å². The van der Waals surface area contributed by atoms with E-state index in [0.717, 1.165) is 16.9 Å². The number of methoxy groups -OCH3 is 1. The molecule has 1 aliphatic rings. The summed E-state index contributed by atoms with van der Waals surface area (Å²) in [4.78, 5) is 20.6. The normalized spacial score (nSPS) is 14.9. The van der Waals surface area contributed by atoms with Crippen molar-refractivity contribution in [1.82, 2.24) is 25.1 Å². The van der Waals surface area contributed by atoms with Crippen molar-refractivity contribution in [3.8, 4) is 0 Å². The van der Waals surface area contributed by atoms with E-state index in [2.05, 4.69) is 25.7 Å². The Kier molecular flexibility index (Phi) is 6.16. The van der Waals surface area contributed by atoms with Crippen LogP contribution in [-0.2, 0) is 16.1 Å². The molecule has 3 rings (SSSR count). The zero-order valence-corrected chi connectivity index (χ0v) is 14.7. The molecule has 2 N–H and O–H groups in total. The van der Waals surface area contributed by atoms with E-state index in [0.29, 0.717) is 38.6 Å². The van der Waals surface area contributed by atoms with Crippen molar-refractivity contribution >= 4 is 22.8 Å². The Balaban J connectivity index is 1.53. The number of ether oxygens (including phenoxy) is 1. The average Bonchev–Trinajstić information content (AvgIpc) is 3.26. The van der Waals surface area contributed by atoms with Crippen molar-refractivity contribution in [2.75, 3.05) is 32.1 Å². The molecule has 0 saturated heterocycles. The molecule has 8 nitrogen and oxygen atoms in total. The van der Waals surface area contributed by atoms with Gasteiger partial charge in [0.15, 0.2) is 5.65 Å². The van der Waals surface area contributed by atoms with Crippen molar-refractivity contribution in [1.29, 1.82) is 0 Å². The van der Waals surface area contributed by atoms with E-state index in [1.807, 2.05) is 0 Å². The summed E-state index contributed by atoms with van der Waals surface area (Å²) in [6, 6.07) is 0. The van der Waals surface area contributed by atoms with Gasteiger partial charge in [0.05, 0.1) is 24.7 Å². The van der Waals surface area contributed by atoms with Gasteiger partial charge in [0.1, 0.15) is 12.1 Å². The maximum Gasteiger partial charge on any atom is 0.220 e. The highest BCUT2D eigenvalue weighted by molar-refractivity contribution is 5.86. The quantitative estimate of drug-likeness (QED) is 0.670. The third kappa shape index (κ3) is 4.66. The molecule has 0 radical (unpaired) electrons. The standard InChI is InChI=1S/C17H26N6O2/c1-25-9-7-19-16-14-11-22-23(17(14)21-12-20-16)8-6-18-15(24)10-13-4-2-3-5-13/h11-13H,2-10H2,1H3,(H,18,24)(H,19,20,21). The number of nitrogens with zero attached hydrogens (tertiary/aromatic N) is 4. The average molecular weight is 346 g/mol. The zero-order chi connectivity index (χ0) is 17.5. The Morgan fingerprint density at radius 2 is 2.16 bits per heavy atom. The zero-order valence-electron chi connectivity index (χ0n) is 14.7. The number of carbonyl (C=O) groups is 1. The second-order valence-electron chi connectivity index (χ2n) is 6.45. The highest BCUT2D eigenvalue weighted by Gasteiger charge is 2.18. The minimum atomic E-state index is 0.139. The number of aromatic nitrogens is 4. The Morgan fingerprint density at radius 1 is 1.32 bits per heavy atom. The molecule has 0 aliphatic heterocycles. The molecular formula is C17H26N6O2. The molecule has 2 aromatic rings. The summed E-state index contributed by atoms with van der Waals surface area (Å²) in [5.74, 6) is 1.46. The number of fused-ring (bicyclic) bond motifs is 1. The molecule has 0 unspecified atom stereocenters. The molecule has 25 heavy (non-hydrogen) atoms. The lowest BCUT2D eigenvalue weighted by molar-refractivity contribution is -0.122. The van der Waals surface area contributed by atoms with Crippen LogP contribution in [0.2, 0.25) is 0 Å². The molecule has 1 amide bonds. The maximum atomic E-state index is 12.0. The van der Waals surface area contributed by atoms with Gasteiger partial charge in [-0.25, -0.2) is 14.6 Å². The summed E-state index contributed by atoms with van der Waals surface area (Å²) in [7, 11) is 1.66. The largest absolute Gasteiger partial charge is 0.383 e. The van der Waals surface area contributed by atoms with E-state index < -0.39 is 0 Å². The minimum Gasteiger partial charge on any atom is -0.383 e. The number of hydrogen-bond acceptors (Lipinski definition) is 6. The predicted octanol–water partition coefficient (Wildman–Crippen LogP) is 1.58.